The van der Waals surface area contributed by atoms with Crippen molar-refractivity contribution in [3.8, 4) is 5.75 Å². The largest absolute Gasteiger partial charge is 0.497 e. The van der Waals surface area contributed by atoms with Gasteiger partial charge in [0.25, 0.3) is 11.8 Å². The van der Waals surface area contributed by atoms with E-state index in [-0.39, 0.29) is 24.1 Å². The lowest BCUT2D eigenvalue weighted by atomic mass is 10.1. The molecule has 2 unspecified atom stereocenters. The molecule has 2 aliphatic heterocycles. The van der Waals surface area contributed by atoms with Gasteiger partial charge in [-0.15, -0.1) is 0 Å². The van der Waals surface area contributed by atoms with E-state index < -0.39 is 0 Å². The molecule has 0 bridgehead atoms. The van der Waals surface area contributed by atoms with Crippen LogP contribution in [0.15, 0.2) is 41.5 Å². The highest BCUT2D eigenvalue weighted by Gasteiger charge is 2.33. The van der Waals surface area contributed by atoms with Gasteiger partial charge in [-0.1, -0.05) is 25.5 Å². The summed E-state index contributed by atoms with van der Waals surface area (Å²) in [6.07, 6.45) is 2.79. The van der Waals surface area contributed by atoms with E-state index in [1.165, 1.54) is 6.21 Å². The lowest BCUT2D eigenvalue weighted by molar-refractivity contribution is 0.0694. The number of nitrogens with one attached hydrogen (secondary N) is 4. The van der Waals surface area contributed by atoms with Crippen molar-refractivity contribution < 1.29 is 14.3 Å². The summed E-state index contributed by atoms with van der Waals surface area (Å²) in [5.74, 6) is 0.396. The molecule has 37 heavy (non-hydrogen) atoms. The van der Waals surface area contributed by atoms with Gasteiger partial charge in [0.1, 0.15) is 5.75 Å². The van der Waals surface area contributed by atoms with E-state index >= 15 is 0 Å². The molecular formula is C27H37N7O3. The lowest BCUT2D eigenvalue weighted by Crippen LogP contribution is -2.56. The number of hydrogen-bond acceptors (Lipinski definition) is 8. The van der Waals surface area contributed by atoms with Crippen molar-refractivity contribution in [1.82, 2.24) is 15.1 Å². The molecule has 0 saturated carbocycles. The number of hydrogen-bond donors (Lipinski definition) is 4. The van der Waals surface area contributed by atoms with Crippen LogP contribution in [-0.4, -0.2) is 73.1 Å². The minimum atomic E-state index is -0.364. The maximum atomic E-state index is 13.6. The maximum Gasteiger partial charge on any atom is 0.256 e. The molecule has 4 rings (SSSR count). The van der Waals surface area contributed by atoms with Crippen molar-refractivity contribution in [2.45, 2.75) is 46.4 Å². The third-order valence-electron chi connectivity index (χ3n) is 6.39. The van der Waals surface area contributed by atoms with Crippen LogP contribution in [0.4, 0.5) is 11.4 Å². The van der Waals surface area contributed by atoms with E-state index in [9.17, 15) is 9.59 Å². The Bertz CT molecular complexity index is 1150. The SMILES string of the molecule is CC.COc1ccc2c(c1)C(=O)NC(N1CCC(C)N(C(=O)c3cc(C)ccc3N/N=C\C=N)CC1)N2. The lowest BCUT2D eigenvalue weighted by Gasteiger charge is -2.36. The number of carbonyl (C=O) groups excluding carboxylic acids is 2. The van der Waals surface area contributed by atoms with Crippen molar-refractivity contribution >= 4 is 35.6 Å². The number of rotatable bonds is 6. The monoisotopic (exact) mass is 507 g/mol. The highest BCUT2D eigenvalue weighted by atomic mass is 16.5. The third-order valence-corrected chi connectivity index (χ3v) is 6.39. The molecule has 2 aromatic rings. The molecule has 0 radical (unpaired) electrons. The molecule has 4 N–H and O–H groups in total. The van der Waals surface area contributed by atoms with Crippen molar-refractivity contribution in [2.75, 3.05) is 37.5 Å². The van der Waals surface area contributed by atoms with Gasteiger partial charge in [0.2, 0.25) is 0 Å². The van der Waals surface area contributed by atoms with Crippen LogP contribution < -0.4 is 20.8 Å². The summed E-state index contributed by atoms with van der Waals surface area (Å²) in [5, 5.41) is 17.5. The van der Waals surface area contributed by atoms with Crippen LogP contribution in [0.1, 0.15) is 53.5 Å². The summed E-state index contributed by atoms with van der Waals surface area (Å²) in [6.45, 7) is 9.82. The Morgan fingerprint density at radius 1 is 1.16 bits per heavy atom. The Morgan fingerprint density at radius 3 is 2.68 bits per heavy atom. The van der Waals surface area contributed by atoms with Crippen molar-refractivity contribution in [3.63, 3.8) is 0 Å². The fourth-order valence-electron chi connectivity index (χ4n) is 4.40. The molecule has 0 aliphatic carbocycles. The Hall–Kier alpha value is -3.92. The van der Waals surface area contributed by atoms with Gasteiger partial charge >= 0.3 is 0 Å². The molecule has 10 nitrogen and oxygen atoms in total. The topological polar surface area (TPSA) is 122 Å². The second kappa shape index (κ2) is 12.9. The average Bonchev–Trinajstić information content (AvgIpc) is 3.11. The van der Waals surface area contributed by atoms with Crippen LogP contribution in [0.5, 0.6) is 5.75 Å². The second-order valence-electron chi connectivity index (χ2n) is 8.71. The standard InChI is InChI=1S/C25H31N7O3.C2H6/c1-16-4-6-22(30-27-10-9-26)20(14-16)24(34)32-13-12-31(11-8-17(32)2)25-28-21-7-5-18(35-3)15-19(21)23(33)29-25;1-2/h4-7,9-10,14-15,17,25-26,28,30H,8,11-13H2,1-3H3,(H,29,33);1-2H3/b26-9?,27-10-;. The minimum absolute atomic E-state index is 0.0155. The zero-order chi connectivity index (χ0) is 26.9. The Labute approximate surface area is 218 Å². The second-order valence-corrected chi connectivity index (χ2v) is 8.71. The normalized spacial score (nSPS) is 19.5. The van der Waals surface area contributed by atoms with Gasteiger partial charge in [0.05, 0.1) is 30.1 Å². The smallest absolute Gasteiger partial charge is 0.256 e. The first-order chi connectivity index (χ1) is 17.9. The summed E-state index contributed by atoms with van der Waals surface area (Å²) in [7, 11) is 1.57. The van der Waals surface area contributed by atoms with E-state index in [0.717, 1.165) is 30.4 Å². The molecule has 1 fully saturated rings. The Kier molecular flexibility index (Phi) is 9.62. The van der Waals surface area contributed by atoms with Crippen molar-refractivity contribution in [1.29, 1.82) is 5.41 Å². The molecule has 198 valence electrons. The maximum absolute atomic E-state index is 13.6. The number of benzene rings is 2. The van der Waals surface area contributed by atoms with Gasteiger partial charge in [-0.3, -0.25) is 19.9 Å². The number of hydrazone groups is 1. The number of nitrogens with zero attached hydrogens (tertiary/aromatic N) is 3. The van der Waals surface area contributed by atoms with Gasteiger partial charge in [-0.05, 0) is 50.6 Å². The summed E-state index contributed by atoms with van der Waals surface area (Å²) < 4.78 is 5.24. The van der Waals surface area contributed by atoms with Crippen LogP contribution in [0.3, 0.4) is 0 Å². The van der Waals surface area contributed by atoms with Gasteiger partial charge < -0.3 is 25.7 Å². The van der Waals surface area contributed by atoms with Crippen LogP contribution in [0.25, 0.3) is 0 Å². The highest BCUT2D eigenvalue weighted by molar-refractivity contribution is 6.14. The van der Waals surface area contributed by atoms with Gasteiger partial charge in [-0.25, -0.2) is 0 Å². The molecule has 2 heterocycles. The van der Waals surface area contributed by atoms with E-state index in [1.807, 2.05) is 62.9 Å². The predicted molar refractivity (Wildman–Crippen MR) is 148 cm³/mol. The number of anilines is 2. The van der Waals surface area contributed by atoms with Crippen LogP contribution in [0, 0.1) is 12.3 Å². The zero-order valence-corrected chi connectivity index (χ0v) is 22.2. The first-order valence-electron chi connectivity index (χ1n) is 12.6. The van der Waals surface area contributed by atoms with E-state index in [2.05, 4.69) is 26.1 Å². The zero-order valence-electron chi connectivity index (χ0n) is 22.2. The molecule has 2 aliphatic rings. The molecule has 2 atom stereocenters. The fourth-order valence-corrected chi connectivity index (χ4v) is 4.40. The fraction of sp³-hybridized carbons (Fsp3) is 0.407. The predicted octanol–water partition coefficient (Wildman–Crippen LogP) is 3.75. The first-order valence-corrected chi connectivity index (χ1v) is 12.6. The van der Waals surface area contributed by atoms with E-state index in [4.69, 9.17) is 10.1 Å². The van der Waals surface area contributed by atoms with Crippen LogP contribution in [-0.2, 0) is 0 Å². The number of methoxy groups -OCH3 is 1. The molecule has 2 amide bonds. The number of carbonyl (C=O) groups is 2. The number of ether oxygens (including phenoxy) is 1. The van der Waals surface area contributed by atoms with Gasteiger partial charge in [0.15, 0.2) is 6.29 Å². The number of fused-ring (bicyclic) bond motifs is 1. The Morgan fingerprint density at radius 2 is 1.95 bits per heavy atom. The minimum Gasteiger partial charge on any atom is -0.497 e. The summed E-state index contributed by atoms with van der Waals surface area (Å²) in [6, 6.07) is 11.0. The number of aryl methyl sites for hydroxylation is 1. The van der Waals surface area contributed by atoms with Gasteiger partial charge in [0, 0.05) is 37.6 Å². The van der Waals surface area contributed by atoms with Crippen molar-refractivity contribution in [2.24, 2.45) is 5.10 Å². The molecular weight excluding hydrogens is 470 g/mol. The van der Waals surface area contributed by atoms with E-state index in [1.54, 1.807) is 13.2 Å². The van der Waals surface area contributed by atoms with Gasteiger partial charge in [-0.2, -0.15) is 5.10 Å². The quantitative estimate of drug-likeness (QED) is 0.349. The van der Waals surface area contributed by atoms with Crippen LogP contribution >= 0.6 is 0 Å². The molecule has 0 spiro atoms. The highest BCUT2D eigenvalue weighted by Crippen LogP contribution is 2.27. The van der Waals surface area contributed by atoms with E-state index in [0.29, 0.717) is 35.7 Å². The van der Waals surface area contributed by atoms with Crippen LogP contribution in [0.2, 0.25) is 0 Å². The third kappa shape index (κ3) is 6.45. The molecule has 0 aromatic heterocycles. The summed E-state index contributed by atoms with van der Waals surface area (Å²) >= 11 is 0. The Balaban J connectivity index is 0.00000186. The molecule has 2 aromatic carbocycles. The van der Waals surface area contributed by atoms with Crippen molar-refractivity contribution in [3.05, 3.63) is 53.1 Å². The number of amides is 2. The average molecular weight is 508 g/mol. The summed E-state index contributed by atoms with van der Waals surface area (Å²) in [4.78, 5) is 30.4. The first kappa shape index (κ1) is 27.7. The molecule has 10 heteroatoms. The molecule has 1 saturated heterocycles. The summed E-state index contributed by atoms with van der Waals surface area (Å²) in [5.41, 5.74) is 6.28.